The van der Waals surface area contributed by atoms with E-state index in [0.717, 1.165) is 43.2 Å². The maximum atomic E-state index is 12.9. The number of hydrogen-bond donors (Lipinski definition) is 1. The lowest BCUT2D eigenvalue weighted by Crippen LogP contribution is -2.36. The maximum absolute atomic E-state index is 12.9. The molecule has 0 aromatic heterocycles. The smallest absolute Gasteiger partial charge is 0.228 e. The summed E-state index contributed by atoms with van der Waals surface area (Å²) in [7, 11) is 0. The molecule has 1 amide bonds. The minimum absolute atomic E-state index is 0.115. The van der Waals surface area contributed by atoms with Crippen LogP contribution in [0, 0.1) is 5.82 Å². The molecule has 2 aromatic carbocycles. The summed E-state index contributed by atoms with van der Waals surface area (Å²) in [5.41, 5.74) is 2.63. The zero-order valence-corrected chi connectivity index (χ0v) is 12.8. The highest BCUT2D eigenvalue weighted by Gasteiger charge is 2.12. The van der Waals surface area contributed by atoms with Crippen molar-refractivity contribution >= 4 is 17.3 Å². The Kier molecular flexibility index (Phi) is 4.88. The summed E-state index contributed by atoms with van der Waals surface area (Å²) in [6, 6.07) is 13.8. The van der Waals surface area contributed by atoms with Gasteiger partial charge in [-0.3, -0.25) is 4.79 Å². The zero-order valence-electron chi connectivity index (χ0n) is 12.8. The molecule has 1 aliphatic heterocycles. The van der Waals surface area contributed by atoms with Gasteiger partial charge in [0.05, 0.1) is 19.6 Å². The van der Waals surface area contributed by atoms with E-state index in [1.54, 1.807) is 12.1 Å². The Morgan fingerprint density at radius 1 is 1.13 bits per heavy atom. The predicted molar refractivity (Wildman–Crippen MR) is 88.2 cm³/mol. The number of nitrogens with zero attached hydrogens (tertiary/aromatic N) is 1. The molecule has 2 aromatic rings. The fourth-order valence-electron chi connectivity index (χ4n) is 2.59. The fraction of sp³-hybridized carbons (Fsp3) is 0.278. The molecule has 1 fully saturated rings. The van der Waals surface area contributed by atoms with Crippen molar-refractivity contribution < 1.29 is 13.9 Å². The Morgan fingerprint density at radius 3 is 2.61 bits per heavy atom. The molecule has 0 aliphatic carbocycles. The fourth-order valence-corrected chi connectivity index (χ4v) is 2.59. The lowest BCUT2D eigenvalue weighted by atomic mass is 10.1. The molecule has 1 aliphatic rings. The van der Waals surface area contributed by atoms with Gasteiger partial charge in [-0.1, -0.05) is 18.2 Å². The normalized spacial score (nSPS) is 14.6. The average molecular weight is 314 g/mol. The molecular formula is C18H19FN2O2. The van der Waals surface area contributed by atoms with E-state index in [0.29, 0.717) is 0 Å². The van der Waals surface area contributed by atoms with Crippen molar-refractivity contribution in [1.82, 2.24) is 0 Å². The maximum Gasteiger partial charge on any atom is 0.228 e. The van der Waals surface area contributed by atoms with Crippen LogP contribution in [0.15, 0.2) is 48.5 Å². The standard InChI is InChI=1S/C18H19FN2O2/c19-15-6-4-14(5-7-15)12-18(22)20-16-2-1-3-17(13-16)21-8-10-23-11-9-21/h1-7,13H,8-12H2,(H,20,22). The first-order valence-electron chi connectivity index (χ1n) is 7.68. The second-order valence-corrected chi connectivity index (χ2v) is 5.50. The second-order valence-electron chi connectivity index (χ2n) is 5.50. The number of anilines is 2. The van der Waals surface area contributed by atoms with Gasteiger partial charge in [-0.2, -0.15) is 0 Å². The minimum Gasteiger partial charge on any atom is -0.378 e. The van der Waals surface area contributed by atoms with Gasteiger partial charge in [0.2, 0.25) is 5.91 Å². The van der Waals surface area contributed by atoms with Crippen molar-refractivity contribution in [1.29, 1.82) is 0 Å². The molecule has 0 radical (unpaired) electrons. The van der Waals surface area contributed by atoms with Gasteiger partial charge in [0, 0.05) is 24.5 Å². The Hall–Kier alpha value is -2.40. The number of morpholine rings is 1. The van der Waals surface area contributed by atoms with Crippen LogP contribution in [-0.2, 0) is 16.0 Å². The number of halogens is 1. The van der Waals surface area contributed by atoms with Crippen LogP contribution < -0.4 is 10.2 Å². The van der Waals surface area contributed by atoms with Crippen molar-refractivity contribution in [3.63, 3.8) is 0 Å². The summed E-state index contributed by atoms with van der Waals surface area (Å²) < 4.78 is 18.2. The summed E-state index contributed by atoms with van der Waals surface area (Å²) in [4.78, 5) is 14.4. The second kappa shape index (κ2) is 7.24. The third-order valence-electron chi connectivity index (χ3n) is 3.78. The lowest BCUT2D eigenvalue weighted by Gasteiger charge is -2.29. The van der Waals surface area contributed by atoms with Crippen molar-refractivity contribution in [2.75, 3.05) is 36.5 Å². The molecule has 0 atom stereocenters. The molecule has 23 heavy (non-hydrogen) atoms. The third kappa shape index (κ3) is 4.29. The van der Waals surface area contributed by atoms with E-state index in [-0.39, 0.29) is 18.1 Å². The van der Waals surface area contributed by atoms with E-state index in [1.165, 1.54) is 12.1 Å². The van der Waals surface area contributed by atoms with Gasteiger partial charge in [0.25, 0.3) is 0 Å². The van der Waals surface area contributed by atoms with Crippen molar-refractivity contribution in [2.45, 2.75) is 6.42 Å². The Labute approximate surface area is 134 Å². The van der Waals surface area contributed by atoms with Gasteiger partial charge in [-0.25, -0.2) is 4.39 Å². The van der Waals surface area contributed by atoms with Crippen LogP contribution in [0.4, 0.5) is 15.8 Å². The predicted octanol–water partition coefficient (Wildman–Crippen LogP) is 2.84. The minimum atomic E-state index is -0.299. The van der Waals surface area contributed by atoms with Crippen LogP contribution in [0.5, 0.6) is 0 Å². The average Bonchev–Trinajstić information content (AvgIpc) is 2.58. The first-order valence-corrected chi connectivity index (χ1v) is 7.68. The molecule has 0 spiro atoms. The van der Waals surface area contributed by atoms with Crippen LogP contribution >= 0.6 is 0 Å². The van der Waals surface area contributed by atoms with Crippen LogP contribution in [0.25, 0.3) is 0 Å². The van der Waals surface area contributed by atoms with Crippen LogP contribution in [0.1, 0.15) is 5.56 Å². The van der Waals surface area contributed by atoms with Gasteiger partial charge < -0.3 is 15.0 Å². The number of carbonyl (C=O) groups is 1. The van der Waals surface area contributed by atoms with Gasteiger partial charge in [0.1, 0.15) is 5.82 Å². The van der Waals surface area contributed by atoms with Crippen LogP contribution in [0.2, 0.25) is 0 Å². The lowest BCUT2D eigenvalue weighted by molar-refractivity contribution is -0.115. The molecule has 1 N–H and O–H groups in total. The third-order valence-corrected chi connectivity index (χ3v) is 3.78. The number of hydrogen-bond acceptors (Lipinski definition) is 3. The highest BCUT2D eigenvalue weighted by Crippen LogP contribution is 2.20. The Bertz CT molecular complexity index is 667. The molecule has 1 heterocycles. The van der Waals surface area contributed by atoms with E-state index in [1.807, 2.05) is 24.3 Å². The molecule has 0 unspecified atom stereocenters. The van der Waals surface area contributed by atoms with Crippen molar-refractivity contribution in [3.8, 4) is 0 Å². The Balaban J connectivity index is 1.62. The van der Waals surface area contributed by atoms with Crippen LogP contribution in [0.3, 0.4) is 0 Å². The van der Waals surface area contributed by atoms with Crippen molar-refractivity contribution in [3.05, 3.63) is 59.9 Å². The quantitative estimate of drug-likeness (QED) is 0.943. The van der Waals surface area contributed by atoms with E-state index in [9.17, 15) is 9.18 Å². The molecule has 5 heteroatoms. The number of rotatable bonds is 4. The van der Waals surface area contributed by atoms with Crippen LogP contribution in [-0.4, -0.2) is 32.2 Å². The number of ether oxygens (including phenoxy) is 1. The molecule has 120 valence electrons. The SMILES string of the molecule is O=C(Cc1ccc(F)cc1)Nc1cccc(N2CCOCC2)c1. The molecule has 3 rings (SSSR count). The summed E-state index contributed by atoms with van der Waals surface area (Å²) >= 11 is 0. The van der Waals surface area contributed by atoms with Gasteiger partial charge in [-0.05, 0) is 35.9 Å². The van der Waals surface area contributed by atoms with Crippen molar-refractivity contribution in [2.24, 2.45) is 0 Å². The van der Waals surface area contributed by atoms with E-state index in [4.69, 9.17) is 4.74 Å². The molecular weight excluding hydrogens is 295 g/mol. The summed E-state index contributed by atoms with van der Waals surface area (Å²) in [6.07, 6.45) is 0.224. The highest BCUT2D eigenvalue weighted by atomic mass is 19.1. The van der Waals surface area contributed by atoms with Gasteiger partial charge in [-0.15, -0.1) is 0 Å². The van der Waals surface area contributed by atoms with E-state index in [2.05, 4.69) is 10.2 Å². The first-order chi connectivity index (χ1) is 11.2. The number of nitrogens with one attached hydrogen (secondary N) is 1. The van der Waals surface area contributed by atoms with Gasteiger partial charge in [0.15, 0.2) is 0 Å². The summed E-state index contributed by atoms with van der Waals surface area (Å²) in [6.45, 7) is 3.16. The number of benzene rings is 2. The zero-order chi connectivity index (χ0) is 16.1. The molecule has 4 nitrogen and oxygen atoms in total. The van der Waals surface area contributed by atoms with E-state index < -0.39 is 0 Å². The van der Waals surface area contributed by atoms with Gasteiger partial charge >= 0.3 is 0 Å². The first kappa shape index (κ1) is 15.5. The number of carbonyl (C=O) groups excluding carboxylic acids is 1. The largest absolute Gasteiger partial charge is 0.378 e. The molecule has 1 saturated heterocycles. The topological polar surface area (TPSA) is 41.6 Å². The Morgan fingerprint density at radius 2 is 1.87 bits per heavy atom. The summed E-state index contributed by atoms with van der Waals surface area (Å²) in [5, 5.41) is 2.89. The summed E-state index contributed by atoms with van der Waals surface area (Å²) in [5.74, 6) is -0.414. The monoisotopic (exact) mass is 314 g/mol. The molecule has 0 saturated carbocycles. The number of amides is 1. The molecule has 0 bridgehead atoms. The van der Waals surface area contributed by atoms with E-state index >= 15 is 0 Å². The highest BCUT2D eigenvalue weighted by molar-refractivity contribution is 5.92.